The Hall–Kier alpha value is -0.650. The molecule has 0 saturated heterocycles. The molecule has 56 valence electrons. The smallest absolute Gasteiger partial charge is 0.216 e. The summed E-state index contributed by atoms with van der Waals surface area (Å²) in [6.45, 7) is 1.42. The molecule has 0 aromatic carbocycles. The molecule has 0 aliphatic rings. The SMILES string of the molecule is Cc1nsc(C(F)(F)F)n1. The fourth-order valence-electron chi connectivity index (χ4n) is 0.412. The zero-order chi connectivity index (χ0) is 7.78. The first-order valence-electron chi connectivity index (χ1n) is 2.37. The average molecular weight is 168 g/mol. The summed E-state index contributed by atoms with van der Waals surface area (Å²) in [6, 6.07) is 0. The minimum Gasteiger partial charge on any atom is -0.216 e. The third kappa shape index (κ3) is 1.44. The third-order valence-corrected chi connectivity index (χ3v) is 1.62. The molecule has 1 aromatic rings. The van der Waals surface area contributed by atoms with Crippen LogP contribution in [0.25, 0.3) is 0 Å². The first-order valence-corrected chi connectivity index (χ1v) is 3.15. The van der Waals surface area contributed by atoms with E-state index >= 15 is 0 Å². The van der Waals surface area contributed by atoms with Crippen LogP contribution in [-0.4, -0.2) is 9.36 Å². The van der Waals surface area contributed by atoms with Crippen molar-refractivity contribution in [3.8, 4) is 0 Å². The van der Waals surface area contributed by atoms with E-state index in [-0.39, 0.29) is 5.82 Å². The topological polar surface area (TPSA) is 25.8 Å². The van der Waals surface area contributed by atoms with Gasteiger partial charge >= 0.3 is 6.18 Å². The molecule has 0 saturated carbocycles. The highest BCUT2D eigenvalue weighted by Crippen LogP contribution is 2.29. The first kappa shape index (κ1) is 7.46. The van der Waals surface area contributed by atoms with Crippen molar-refractivity contribution in [2.45, 2.75) is 13.1 Å². The number of hydrogen-bond donors (Lipinski definition) is 0. The quantitative estimate of drug-likeness (QED) is 0.591. The van der Waals surface area contributed by atoms with Crippen LogP contribution < -0.4 is 0 Å². The van der Waals surface area contributed by atoms with Crippen molar-refractivity contribution in [2.24, 2.45) is 0 Å². The van der Waals surface area contributed by atoms with Crippen LogP contribution in [0, 0.1) is 6.92 Å². The van der Waals surface area contributed by atoms with E-state index in [0.29, 0.717) is 11.5 Å². The van der Waals surface area contributed by atoms with E-state index in [2.05, 4.69) is 9.36 Å². The maximum atomic E-state index is 11.7. The van der Waals surface area contributed by atoms with E-state index in [9.17, 15) is 13.2 Å². The van der Waals surface area contributed by atoms with Gasteiger partial charge in [-0.2, -0.15) is 17.5 Å². The number of halogens is 3. The molecule has 0 amide bonds. The zero-order valence-electron chi connectivity index (χ0n) is 4.94. The van der Waals surface area contributed by atoms with Gasteiger partial charge in [0.2, 0.25) is 5.01 Å². The van der Waals surface area contributed by atoms with Gasteiger partial charge in [-0.3, -0.25) is 0 Å². The summed E-state index contributed by atoms with van der Waals surface area (Å²) in [5.74, 6) is 0.164. The molecule has 1 aromatic heterocycles. The van der Waals surface area contributed by atoms with Crippen molar-refractivity contribution in [3.05, 3.63) is 10.8 Å². The molecule has 10 heavy (non-hydrogen) atoms. The van der Waals surface area contributed by atoms with Gasteiger partial charge < -0.3 is 0 Å². The average Bonchev–Trinajstić information content (AvgIpc) is 2.11. The molecule has 1 rings (SSSR count). The van der Waals surface area contributed by atoms with Crippen molar-refractivity contribution in [1.29, 1.82) is 0 Å². The molecule has 1 heterocycles. The standard InChI is InChI=1S/C4H3F3N2S/c1-2-8-3(10-9-2)4(5,6)7/h1H3. The lowest BCUT2D eigenvalue weighted by Gasteiger charge is -1.97. The molecule has 2 nitrogen and oxygen atoms in total. The molecule has 0 unspecified atom stereocenters. The van der Waals surface area contributed by atoms with Crippen LogP contribution in [0.2, 0.25) is 0 Å². The Labute approximate surface area is 58.9 Å². The predicted octanol–water partition coefficient (Wildman–Crippen LogP) is 1.87. The van der Waals surface area contributed by atoms with Gasteiger partial charge in [-0.1, -0.05) is 0 Å². The molecule has 0 aliphatic heterocycles. The van der Waals surface area contributed by atoms with Crippen molar-refractivity contribution >= 4 is 11.5 Å². The van der Waals surface area contributed by atoms with Gasteiger partial charge in [-0.25, -0.2) is 4.98 Å². The zero-order valence-corrected chi connectivity index (χ0v) is 5.75. The number of hydrogen-bond acceptors (Lipinski definition) is 3. The molecule has 0 radical (unpaired) electrons. The van der Waals surface area contributed by atoms with Crippen LogP contribution in [-0.2, 0) is 6.18 Å². The lowest BCUT2D eigenvalue weighted by atomic mass is 10.6. The largest absolute Gasteiger partial charge is 0.444 e. The highest BCUT2D eigenvalue weighted by molar-refractivity contribution is 7.05. The fourth-order valence-corrected chi connectivity index (χ4v) is 0.948. The summed E-state index contributed by atoms with van der Waals surface area (Å²) in [7, 11) is 0. The Morgan fingerprint density at radius 1 is 1.40 bits per heavy atom. The summed E-state index contributed by atoms with van der Waals surface area (Å²) in [6.07, 6.45) is -4.34. The summed E-state index contributed by atoms with van der Waals surface area (Å²) in [5.41, 5.74) is 0. The summed E-state index contributed by atoms with van der Waals surface area (Å²) in [5, 5.41) is -0.884. The molecule has 0 atom stereocenters. The lowest BCUT2D eigenvalue weighted by Crippen LogP contribution is -2.03. The number of rotatable bonds is 0. The Balaban J connectivity index is 2.96. The fraction of sp³-hybridized carbons (Fsp3) is 0.500. The van der Waals surface area contributed by atoms with E-state index < -0.39 is 11.2 Å². The second kappa shape index (κ2) is 2.19. The van der Waals surface area contributed by atoms with Crippen LogP contribution in [0.5, 0.6) is 0 Å². The van der Waals surface area contributed by atoms with Crippen LogP contribution >= 0.6 is 11.5 Å². The first-order chi connectivity index (χ1) is 4.50. The maximum absolute atomic E-state index is 11.7. The van der Waals surface area contributed by atoms with Crippen molar-refractivity contribution in [1.82, 2.24) is 9.36 Å². The summed E-state index contributed by atoms with van der Waals surface area (Å²) in [4.78, 5) is 3.16. The maximum Gasteiger partial charge on any atom is 0.444 e. The van der Waals surface area contributed by atoms with E-state index in [1.165, 1.54) is 6.92 Å². The van der Waals surface area contributed by atoms with Gasteiger partial charge in [-0.05, 0) is 18.5 Å². The number of alkyl halides is 3. The van der Waals surface area contributed by atoms with Crippen LogP contribution in [0.1, 0.15) is 10.8 Å². The van der Waals surface area contributed by atoms with Crippen molar-refractivity contribution in [2.75, 3.05) is 0 Å². The highest BCUT2D eigenvalue weighted by atomic mass is 32.1. The molecule has 0 spiro atoms. The molecule has 0 N–H and O–H groups in total. The second-order valence-electron chi connectivity index (χ2n) is 1.64. The Kier molecular flexibility index (Phi) is 1.63. The van der Waals surface area contributed by atoms with Crippen LogP contribution in [0.4, 0.5) is 13.2 Å². The van der Waals surface area contributed by atoms with Crippen LogP contribution in [0.15, 0.2) is 0 Å². The highest BCUT2D eigenvalue weighted by Gasteiger charge is 2.34. The normalized spacial score (nSPS) is 12.0. The number of aromatic nitrogens is 2. The van der Waals surface area contributed by atoms with Gasteiger partial charge in [0.25, 0.3) is 0 Å². The minimum absolute atomic E-state index is 0.164. The molecule has 0 fully saturated rings. The predicted molar refractivity (Wildman–Crippen MR) is 29.6 cm³/mol. The van der Waals surface area contributed by atoms with Gasteiger partial charge in [0.1, 0.15) is 5.82 Å². The number of aryl methyl sites for hydroxylation is 1. The molecule has 0 bridgehead atoms. The number of nitrogens with zero attached hydrogens (tertiary/aromatic N) is 2. The molecule has 6 heteroatoms. The lowest BCUT2D eigenvalue weighted by molar-refractivity contribution is -0.137. The monoisotopic (exact) mass is 168 g/mol. The van der Waals surface area contributed by atoms with Gasteiger partial charge in [-0.15, -0.1) is 0 Å². The summed E-state index contributed by atoms with van der Waals surface area (Å²) < 4.78 is 38.5. The van der Waals surface area contributed by atoms with Crippen molar-refractivity contribution < 1.29 is 13.2 Å². The van der Waals surface area contributed by atoms with Crippen LogP contribution in [0.3, 0.4) is 0 Å². The van der Waals surface area contributed by atoms with E-state index in [4.69, 9.17) is 0 Å². The minimum atomic E-state index is -4.34. The van der Waals surface area contributed by atoms with Gasteiger partial charge in [0, 0.05) is 0 Å². The Morgan fingerprint density at radius 2 is 2.00 bits per heavy atom. The van der Waals surface area contributed by atoms with E-state index in [1.54, 1.807) is 0 Å². The second-order valence-corrected chi connectivity index (χ2v) is 2.40. The molecular weight excluding hydrogens is 165 g/mol. The Morgan fingerprint density at radius 3 is 2.20 bits per heavy atom. The molecular formula is C4H3F3N2S. The van der Waals surface area contributed by atoms with Crippen molar-refractivity contribution in [3.63, 3.8) is 0 Å². The van der Waals surface area contributed by atoms with E-state index in [0.717, 1.165) is 0 Å². The van der Waals surface area contributed by atoms with E-state index in [1.807, 2.05) is 0 Å². The van der Waals surface area contributed by atoms with Gasteiger partial charge in [0.15, 0.2) is 0 Å². The Bertz CT molecular complexity index is 229. The summed E-state index contributed by atoms with van der Waals surface area (Å²) >= 11 is 0.370. The molecule has 0 aliphatic carbocycles. The van der Waals surface area contributed by atoms with Gasteiger partial charge in [0.05, 0.1) is 0 Å². The third-order valence-electron chi connectivity index (χ3n) is 0.770.